The minimum absolute atomic E-state index is 0.0267. The third-order valence-electron chi connectivity index (χ3n) is 13.6. The Balaban J connectivity index is 0.745. The van der Waals surface area contributed by atoms with Crippen LogP contribution in [-0.4, -0.2) is 62.5 Å². The van der Waals surface area contributed by atoms with E-state index in [1.165, 1.54) is 11.1 Å². The van der Waals surface area contributed by atoms with Crippen LogP contribution in [-0.2, 0) is 42.9 Å². The zero-order valence-corrected chi connectivity index (χ0v) is 31.2. The molecule has 8 aliphatic rings. The predicted molar refractivity (Wildman–Crippen MR) is 191 cm³/mol. The summed E-state index contributed by atoms with van der Waals surface area (Å²) in [6, 6.07) is 0. The van der Waals surface area contributed by atoms with Crippen LogP contribution in [0.5, 0.6) is 0 Å². The smallest absolute Gasteiger partial charge is 0.309 e. The van der Waals surface area contributed by atoms with Crippen molar-refractivity contribution in [2.75, 3.05) is 26.4 Å². The Labute approximate surface area is 307 Å². The summed E-state index contributed by atoms with van der Waals surface area (Å²) in [7, 11) is 0. The van der Waals surface area contributed by atoms with E-state index in [-0.39, 0.29) is 98.0 Å². The quantitative estimate of drug-likeness (QED) is 0.106. The summed E-state index contributed by atoms with van der Waals surface area (Å²) in [5, 5.41) is 0. The molecule has 0 radical (unpaired) electrons. The zero-order valence-electron chi connectivity index (χ0n) is 31.2. The van der Waals surface area contributed by atoms with Crippen LogP contribution in [0.4, 0.5) is 0 Å². The molecule has 9 nitrogen and oxygen atoms in total. The summed E-state index contributed by atoms with van der Waals surface area (Å²) in [5.41, 5.74) is 2.31. The highest BCUT2D eigenvalue weighted by atomic mass is 16.6. The molecule has 0 amide bonds. The molecule has 0 heterocycles. The molecule has 14 atom stereocenters. The van der Waals surface area contributed by atoms with Gasteiger partial charge in [0, 0.05) is 5.41 Å². The molecule has 4 saturated carbocycles. The third kappa shape index (κ3) is 7.20. The molecule has 0 aliphatic heterocycles. The number of ether oxygens (including phenoxy) is 5. The van der Waals surface area contributed by atoms with Crippen molar-refractivity contribution in [1.29, 1.82) is 0 Å². The predicted octanol–water partition coefficient (Wildman–Crippen LogP) is 6.57. The maximum atomic E-state index is 13.2. The number of hydrogen-bond donors (Lipinski definition) is 0. The first-order chi connectivity index (χ1) is 24.9. The fourth-order valence-corrected chi connectivity index (χ4v) is 10.9. The van der Waals surface area contributed by atoms with Crippen LogP contribution in [0.1, 0.15) is 79.1 Å². The Bertz CT molecular complexity index is 1570. The number of esters is 4. The van der Waals surface area contributed by atoms with E-state index in [9.17, 15) is 19.2 Å². The molecule has 282 valence electrons. The molecule has 14 unspecified atom stereocenters. The number of carbonyl (C=O) groups is 4. The molecule has 0 spiro atoms. The van der Waals surface area contributed by atoms with Gasteiger partial charge >= 0.3 is 23.9 Å². The van der Waals surface area contributed by atoms with E-state index in [0.717, 1.165) is 51.4 Å². The lowest BCUT2D eigenvalue weighted by molar-refractivity contribution is -0.160. The van der Waals surface area contributed by atoms with Crippen LogP contribution in [0.3, 0.4) is 0 Å². The number of allylic oxidation sites excluding steroid dienone is 8. The molecule has 0 aromatic carbocycles. The summed E-state index contributed by atoms with van der Waals surface area (Å²) < 4.78 is 28.8. The maximum Gasteiger partial charge on any atom is 0.309 e. The monoisotopic (exact) mass is 716 g/mol. The van der Waals surface area contributed by atoms with Gasteiger partial charge in [0.25, 0.3) is 0 Å². The van der Waals surface area contributed by atoms with Gasteiger partial charge in [-0.2, -0.15) is 0 Å². The van der Waals surface area contributed by atoms with Gasteiger partial charge in [-0.3, -0.25) is 19.2 Å². The molecule has 52 heavy (non-hydrogen) atoms. The highest BCUT2D eigenvalue weighted by Crippen LogP contribution is 2.57. The van der Waals surface area contributed by atoms with E-state index in [2.05, 4.69) is 36.5 Å². The van der Waals surface area contributed by atoms with E-state index < -0.39 is 5.41 Å². The first-order valence-corrected chi connectivity index (χ1v) is 20.0. The van der Waals surface area contributed by atoms with Gasteiger partial charge < -0.3 is 23.7 Å². The van der Waals surface area contributed by atoms with E-state index >= 15 is 0 Å². The summed E-state index contributed by atoms with van der Waals surface area (Å²) in [4.78, 5) is 51.6. The average molecular weight is 717 g/mol. The van der Waals surface area contributed by atoms with Crippen LogP contribution in [0.15, 0.2) is 47.6 Å². The van der Waals surface area contributed by atoms with Crippen molar-refractivity contribution in [2.45, 2.75) is 91.3 Å². The lowest BCUT2D eigenvalue weighted by Crippen LogP contribution is -2.33. The molecule has 0 aromatic heterocycles. The topological polar surface area (TPSA) is 114 Å². The summed E-state index contributed by atoms with van der Waals surface area (Å²) in [6.07, 6.45) is 20.2. The Morgan fingerprint density at radius 2 is 0.962 bits per heavy atom. The molecule has 8 bridgehead atoms. The summed E-state index contributed by atoms with van der Waals surface area (Å²) >= 11 is 0. The molecular weight excluding hydrogens is 660 g/mol. The van der Waals surface area contributed by atoms with Gasteiger partial charge in [-0.15, -0.1) is 0 Å². The Kier molecular flexibility index (Phi) is 9.79. The van der Waals surface area contributed by atoms with E-state index in [1.807, 2.05) is 27.7 Å². The van der Waals surface area contributed by atoms with Crippen molar-refractivity contribution >= 4 is 23.9 Å². The lowest BCUT2D eigenvalue weighted by Gasteiger charge is -2.28. The van der Waals surface area contributed by atoms with Gasteiger partial charge in [0.15, 0.2) is 0 Å². The van der Waals surface area contributed by atoms with Gasteiger partial charge in [-0.25, -0.2) is 0 Å². The van der Waals surface area contributed by atoms with Crippen molar-refractivity contribution in [2.24, 2.45) is 76.4 Å². The first-order valence-electron chi connectivity index (χ1n) is 20.0. The molecule has 0 N–H and O–H groups in total. The van der Waals surface area contributed by atoms with Gasteiger partial charge in [0.05, 0.1) is 49.1 Å². The molecular formula is C43H56O9. The molecule has 0 saturated heterocycles. The first kappa shape index (κ1) is 35.8. The number of rotatable bonds is 15. The van der Waals surface area contributed by atoms with Gasteiger partial charge in [0.1, 0.15) is 13.2 Å². The Morgan fingerprint density at radius 3 is 1.31 bits per heavy atom. The Hall–Kier alpha value is -3.20. The summed E-state index contributed by atoms with van der Waals surface area (Å²) in [5.74, 6) is 1.87. The fraction of sp³-hybridized carbons (Fsp3) is 0.721. The van der Waals surface area contributed by atoms with E-state index in [4.69, 9.17) is 23.7 Å². The molecule has 0 aromatic rings. The van der Waals surface area contributed by atoms with Crippen LogP contribution in [0.25, 0.3) is 0 Å². The average Bonchev–Trinajstić information content (AvgIpc) is 3.98. The second-order valence-corrected chi connectivity index (χ2v) is 18.3. The SMILES string of the molecule is CC(COC(=O)C1CC2C=CC1C2)OC(C)COC(=O)C1CC2CC1C=C2C1=CC2CC1CC2C(=O)OCC(C)(C)COC(=O)C1CC2C=CC1C2. The van der Waals surface area contributed by atoms with Gasteiger partial charge in [-0.1, -0.05) is 50.3 Å². The fourth-order valence-electron chi connectivity index (χ4n) is 10.9. The van der Waals surface area contributed by atoms with Crippen LogP contribution >= 0.6 is 0 Å². The second-order valence-electron chi connectivity index (χ2n) is 18.3. The number of fused-ring (bicyclic) bond motifs is 8. The largest absolute Gasteiger partial charge is 0.465 e. The third-order valence-corrected chi connectivity index (χ3v) is 13.6. The minimum atomic E-state index is -0.449. The maximum absolute atomic E-state index is 13.2. The highest BCUT2D eigenvalue weighted by Gasteiger charge is 2.51. The van der Waals surface area contributed by atoms with Crippen molar-refractivity contribution < 1.29 is 42.9 Å². The van der Waals surface area contributed by atoms with Gasteiger partial charge in [0.2, 0.25) is 0 Å². The number of hydrogen-bond acceptors (Lipinski definition) is 9. The van der Waals surface area contributed by atoms with Crippen molar-refractivity contribution in [1.82, 2.24) is 0 Å². The normalized spacial score (nSPS) is 38.4. The molecule has 4 fully saturated rings. The minimum Gasteiger partial charge on any atom is -0.465 e. The molecule has 9 heteroatoms. The Morgan fingerprint density at radius 1 is 0.558 bits per heavy atom. The van der Waals surface area contributed by atoms with E-state index in [1.54, 1.807) is 0 Å². The standard InChI is InChI=1S/C43H56O9/c1-23(19-48-39(44)35-11-25-5-7-27(35)9-25)52-24(2)20-49-40(45)37-17-29-13-31(37)15-33(29)34-16-32-14-30(34)18-38(32)42(47)51-22-43(3,4)21-50-41(46)36-12-26-6-8-28(36)10-26/h5-8,15-16,23-32,35-38H,9-14,17-22H2,1-4H3. The van der Waals surface area contributed by atoms with Crippen LogP contribution in [0, 0.1) is 76.4 Å². The molecule has 8 rings (SSSR count). The van der Waals surface area contributed by atoms with Gasteiger partial charge in [-0.05, 0) is 124 Å². The van der Waals surface area contributed by atoms with Crippen molar-refractivity contribution in [3.63, 3.8) is 0 Å². The lowest BCUT2D eigenvalue weighted by atomic mass is 9.80. The molecule has 8 aliphatic carbocycles. The summed E-state index contributed by atoms with van der Waals surface area (Å²) in [6.45, 7) is 8.56. The zero-order chi connectivity index (χ0) is 36.3. The van der Waals surface area contributed by atoms with E-state index in [0.29, 0.717) is 35.5 Å². The highest BCUT2D eigenvalue weighted by molar-refractivity contribution is 5.76. The van der Waals surface area contributed by atoms with Crippen molar-refractivity contribution in [3.05, 3.63) is 47.6 Å². The second kappa shape index (κ2) is 14.2. The number of carbonyl (C=O) groups excluding carboxylic acids is 4. The van der Waals surface area contributed by atoms with Crippen LogP contribution in [0.2, 0.25) is 0 Å². The van der Waals surface area contributed by atoms with Crippen LogP contribution < -0.4 is 0 Å². The van der Waals surface area contributed by atoms with Crippen molar-refractivity contribution in [3.8, 4) is 0 Å².